The zero-order valence-corrected chi connectivity index (χ0v) is 10.4. The molecule has 0 atom stereocenters. The smallest absolute Gasteiger partial charge is 0.263 e. The Balaban J connectivity index is 4.30. The highest BCUT2D eigenvalue weighted by Crippen LogP contribution is 1.98. The van der Waals surface area contributed by atoms with Gasteiger partial charge < -0.3 is 10.2 Å². The second kappa shape index (κ2) is 8.78. The average Bonchev–Trinajstić information content (AvgIpc) is 2.30. The first kappa shape index (κ1) is 14.5. The van der Waals surface area contributed by atoms with Gasteiger partial charge in [0.2, 0.25) is 0 Å². The van der Waals surface area contributed by atoms with Crippen LogP contribution in [-0.2, 0) is 4.79 Å². The number of nitrogens with one attached hydrogen (secondary N) is 1. The number of amides is 1. The summed E-state index contributed by atoms with van der Waals surface area (Å²) in [7, 11) is 1.88. The quantitative estimate of drug-likeness (QED) is 0.527. The van der Waals surface area contributed by atoms with E-state index in [-0.39, 0.29) is 11.5 Å². The van der Waals surface area contributed by atoms with E-state index in [0.717, 1.165) is 25.8 Å². The van der Waals surface area contributed by atoms with Crippen molar-refractivity contribution in [1.82, 2.24) is 10.2 Å². The number of carbonyl (C=O) groups excluding carboxylic acids is 1. The van der Waals surface area contributed by atoms with Gasteiger partial charge in [-0.15, -0.1) is 0 Å². The first-order chi connectivity index (χ1) is 7.65. The molecule has 0 aromatic carbocycles. The second-order valence-electron chi connectivity index (χ2n) is 3.74. The van der Waals surface area contributed by atoms with Crippen molar-refractivity contribution in [3.63, 3.8) is 0 Å². The summed E-state index contributed by atoms with van der Waals surface area (Å²) in [6.45, 7) is 5.55. The molecule has 0 fully saturated rings. The fourth-order valence-corrected chi connectivity index (χ4v) is 1.16. The minimum atomic E-state index is -0.285. The van der Waals surface area contributed by atoms with Gasteiger partial charge in [-0.05, 0) is 12.8 Å². The van der Waals surface area contributed by atoms with E-state index >= 15 is 0 Å². The Morgan fingerprint density at radius 3 is 2.62 bits per heavy atom. The summed E-state index contributed by atoms with van der Waals surface area (Å²) in [5, 5.41) is 11.6. The van der Waals surface area contributed by atoms with E-state index in [4.69, 9.17) is 5.26 Å². The summed E-state index contributed by atoms with van der Waals surface area (Å²) in [6, 6.07) is 1.93. The second-order valence-corrected chi connectivity index (χ2v) is 3.74. The van der Waals surface area contributed by atoms with Gasteiger partial charge in [0, 0.05) is 26.3 Å². The van der Waals surface area contributed by atoms with Gasteiger partial charge in [0.25, 0.3) is 5.91 Å². The molecule has 0 aliphatic carbocycles. The number of hydrogen-bond donors (Lipinski definition) is 1. The van der Waals surface area contributed by atoms with Crippen LogP contribution < -0.4 is 5.32 Å². The lowest BCUT2D eigenvalue weighted by atomic mass is 10.2. The summed E-state index contributed by atoms with van der Waals surface area (Å²) in [6.07, 6.45) is 4.64. The van der Waals surface area contributed by atoms with E-state index in [0.29, 0.717) is 6.54 Å². The Bertz CT molecular complexity index is 278. The Morgan fingerprint density at radius 1 is 1.44 bits per heavy atom. The van der Waals surface area contributed by atoms with Crippen molar-refractivity contribution in [3.05, 3.63) is 11.8 Å². The van der Waals surface area contributed by atoms with Crippen LogP contribution in [0, 0.1) is 11.3 Å². The number of unbranched alkanes of at least 4 members (excludes halogenated alkanes) is 1. The molecule has 0 radical (unpaired) electrons. The van der Waals surface area contributed by atoms with Gasteiger partial charge in [-0.1, -0.05) is 20.3 Å². The topological polar surface area (TPSA) is 56.1 Å². The maximum absolute atomic E-state index is 11.5. The molecule has 0 saturated heterocycles. The van der Waals surface area contributed by atoms with E-state index in [1.54, 1.807) is 6.20 Å². The maximum Gasteiger partial charge on any atom is 0.263 e. The molecule has 1 N–H and O–H groups in total. The molecule has 16 heavy (non-hydrogen) atoms. The van der Waals surface area contributed by atoms with Crippen molar-refractivity contribution < 1.29 is 4.79 Å². The van der Waals surface area contributed by atoms with Crippen molar-refractivity contribution in [2.24, 2.45) is 0 Å². The van der Waals surface area contributed by atoms with E-state index in [1.165, 1.54) is 0 Å². The highest BCUT2D eigenvalue weighted by atomic mass is 16.1. The van der Waals surface area contributed by atoms with Crippen LogP contribution in [0.3, 0.4) is 0 Å². The lowest BCUT2D eigenvalue weighted by molar-refractivity contribution is -0.117. The monoisotopic (exact) mass is 223 g/mol. The van der Waals surface area contributed by atoms with Crippen molar-refractivity contribution >= 4 is 5.91 Å². The summed E-state index contributed by atoms with van der Waals surface area (Å²) in [5.41, 5.74) is 0.173. The van der Waals surface area contributed by atoms with Gasteiger partial charge in [0.15, 0.2) is 0 Å². The van der Waals surface area contributed by atoms with Crippen LogP contribution in [0.2, 0.25) is 0 Å². The molecule has 0 aromatic rings. The van der Waals surface area contributed by atoms with E-state index in [9.17, 15) is 4.79 Å². The normalized spacial score (nSPS) is 10.8. The maximum atomic E-state index is 11.5. The minimum Gasteiger partial charge on any atom is -0.379 e. The third-order valence-electron chi connectivity index (χ3n) is 2.11. The summed E-state index contributed by atoms with van der Waals surface area (Å²) in [5.74, 6) is -0.285. The van der Waals surface area contributed by atoms with Gasteiger partial charge in [-0.25, -0.2) is 0 Å². The van der Waals surface area contributed by atoms with Crippen LogP contribution in [-0.4, -0.2) is 30.9 Å². The van der Waals surface area contributed by atoms with Crippen LogP contribution in [0.1, 0.15) is 33.1 Å². The van der Waals surface area contributed by atoms with Crippen LogP contribution >= 0.6 is 0 Å². The Labute approximate surface area is 97.9 Å². The predicted octanol–water partition coefficient (Wildman–Crippen LogP) is 1.65. The standard InChI is InChI=1S/C12H21N3O/c1-4-6-8-15(3)10-11(9-13)12(16)14-7-5-2/h10H,4-8H2,1-3H3,(H,14,16)/b11-10-. The number of carbonyl (C=O) groups is 1. The molecule has 4 nitrogen and oxygen atoms in total. The molecule has 0 spiro atoms. The molecule has 1 amide bonds. The molecule has 0 unspecified atom stereocenters. The molecule has 0 rings (SSSR count). The Hall–Kier alpha value is -1.50. The van der Waals surface area contributed by atoms with Crippen LogP contribution in [0.15, 0.2) is 11.8 Å². The zero-order chi connectivity index (χ0) is 12.4. The molecule has 0 aliphatic heterocycles. The van der Waals surface area contributed by atoms with Crippen LogP contribution in [0.25, 0.3) is 0 Å². The molecule has 0 aromatic heterocycles. The fourth-order valence-electron chi connectivity index (χ4n) is 1.16. The van der Waals surface area contributed by atoms with Crippen molar-refractivity contribution in [2.45, 2.75) is 33.1 Å². The molecule has 90 valence electrons. The van der Waals surface area contributed by atoms with Gasteiger partial charge in [-0.3, -0.25) is 4.79 Å². The van der Waals surface area contributed by atoms with Gasteiger partial charge in [0.05, 0.1) is 0 Å². The van der Waals surface area contributed by atoms with Crippen LogP contribution in [0.5, 0.6) is 0 Å². The number of hydrogen-bond acceptors (Lipinski definition) is 3. The molecule has 0 heterocycles. The fraction of sp³-hybridized carbons (Fsp3) is 0.667. The predicted molar refractivity (Wildman–Crippen MR) is 64.5 cm³/mol. The molecule has 0 saturated carbocycles. The van der Waals surface area contributed by atoms with Crippen molar-refractivity contribution in [1.29, 1.82) is 5.26 Å². The highest BCUT2D eigenvalue weighted by molar-refractivity contribution is 5.97. The summed E-state index contributed by atoms with van der Waals surface area (Å²) < 4.78 is 0. The largest absolute Gasteiger partial charge is 0.379 e. The zero-order valence-electron chi connectivity index (χ0n) is 10.4. The SMILES string of the molecule is CCCCN(C)/C=C(/C#N)C(=O)NCCC. The Morgan fingerprint density at radius 2 is 2.12 bits per heavy atom. The van der Waals surface area contributed by atoms with E-state index < -0.39 is 0 Å². The van der Waals surface area contributed by atoms with Gasteiger partial charge in [0.1, 0.15) is 11.6 Å². The van der Waals surface area contributed by atoms with Gasteiger partial charge in [-0.2, -0.15) is 5.26 Å². The third-order valence-corrected chi connectivity index (χ3v) is 2.11. The number of nitriles is 1. The van der Waals surface area contributed by atoms with Crippen molar-refractivity contribution in [3.8, 4) is 6.07 Å². The first-order valence-corrected chi connectivity index (χ1v) is 5.76. The number of rotatable bonds is 7. The van der Waals surface area contributed by atoms with E-state index in [1.807, 2.05) is 24.9 Å². The van der Waals surface area contributed by atoms with Crippen molar-refractivity contribution in [2.75, 3.05) is 20.1 Å². The molecular weight excluding hydrogens is 202 g/mol. The van der Waals surface area contributed by atoms with E-state index in [2.05, 4.69) is 12.2 Å². The molecule has 0 aliphatic rings. The summed E-state index contributed by atoms with van der Waals surface area (Å²) >= 11 is 0. The summed E-state index contributed by atoms with van der Waals surface area (Å²) in [4.78, 5) is 13.4. The average molecular weight is 223 g/mol. The lowest BCUT2D eigenvalue weighted by Gasteiger charge is -2.13. The van der Waals surface area contributed by atoms with Gasteiger partial charge >= 0.3 is 0 Å². The highest BCUT2D eigenvalue weighted by Gasteiger charge is 2.08. The first-order valence-electron chi connectivity index (χ1n) is 5.76. The number of nitrogens with zero attached hydrogens (tertiary/aromatic N) is 2. The third kappa shape index (κ3) is 6.07. The molecule has 4 heteroatoms. The molecule has 0 bridgehead atoms. The lowest BCUT2D eigenvalue weighted by Crippen LogP contribution is -2.26. The Kier molecular flexibility index (Phi) is 7.96. The molecular formula is C12H21N3O. The minimum absolute atomic E-state index is 0.173. The van der Waals surface area contributed by atoms with Crippen LogP contribution in [0.4, 0.5) is 0 Å².